The van der Waals surface area contributed by atoms with Gasteiger partial charge in [-0.25, -0.2) is 0 Å². The Morgan fingerprint density at radius 3 is 2.77 bits per heavy atom. The Bertz CT molecular complexity index is 597. The number of hydrogen-bond donors (Lipinski definition) is 2. The van der Waals surface area contributed by atoms with Crippen molar-refractivity contribution in [3.8, 4) is 11.5 Å². The van der Waals surface area contributed by atoms with Gasteiger partial charge >= 0.3 is 0 Å². The van der Waals surface area contributed by atoms with Crippen LogP contribution in [0.3, 0.4) is 0 Å². The van der Waals surface area contributed by atoms with Crippen LogP contribution in [-0.2, 0) is 6.42 Å². The van der Waals surface area contributed by atoms with Gasteiger partial charge in [0.1, 0.15) is 0 Å². The van der Waals surface area contributed by atoms with Gasteiger partial charge < -0.3 is 14.9 Å². The number of hydrogen-bond acceptors (Lipinski definition) is 3. The topological polar surface area (TPSA) is 49.7 Å². The smallest absolute Gasteiger partial charge is 0.160 e. The van der Waals surface area contributed by atoms with E-state index in [1.165, 1.54) is 24.0 Å². The highest BCUT2D eigenvalue weighted by Gasteiger charge is 2.54. The third-order valence-electron chi connectivity index (χ3n) is 6.97. The monoisotopic (exact) mass is 302 g/mol. The number of ether oxygens (including phenoxy) is 1. The van der Waals surface area contributed by atoms with E-state index in [2.05, 4.69) is 13.0 Å². The molecule has 2 fully saturated rings. The van der Waals surface area contributed by atoms with Gasteiger partial charge in [0.2, 0.25) is 0 Å². The van der Waals surface area contributed by atoms with E-state index in [9.17, 15) is 10.2 Å². The molecular weight excluding hydrogens is 276 g/mol. The molecule has 1 aromatic carbocycles. The number of aromatic hydroxyl groups is 1. The molecule has 4 rings (SSSR count). The molecular formula is C19H26O3. The van der Waals surface area contributed by atoms with E-state index in [0.29, 0.717) is 23.5 Å². The normalized spacial score (nSPS) is 39.8. The van der Waals surface area contributed by atoms with Crippen LogP contribution in [0.15, 0.2) is 12.1 Å². The van der Waals surface area contributed by atoms with E-state index in [0.717, 1.165) is 25.7 Å². The number of aliphatic hydroxyl groups excluding tert-OH is 1. The van der Waals surface area contributed by atoms with Gasteiger partial charge in [0.05, 0.1) is 13.2 Å². The van der Waals surface area contributed by atoms with Crippen molar-refractivity contribution in [1.29, 1.82) is 0 Å². The first-order chi connectivity index (χ1) is 10.5. The summed E-state index contributed by atoms with van der Waals surface area (Å²) in [6.45, 7) is 2.30. The van der Waals surface area contributed by atoms with Crippen LogP contribution in [0, 0.1) is 17.3 Å². The SMILES string of the molecule is COc1cc2c(cc1O)CC[C@H]1[C@@H]2CC[C@@]2(C)[C@@H](O)CC[C@@H]12. The summed E-state index contributed by atoms with van der Waals surface area (Å²) in [7, 11) is 1.62. The van der Waals surface area contributed by atoms with Gasteiger partial charge in [-0.15, -0.1) is 0 Å². The molecule has 0 aliphatic heterocycles. The third kappa shape index (κ3) is 1.84. The van der Waals surface area contributed by atoms with Crippen molar-refractivity contribution in [3.05, 3.63) is 23.3 Å². The molecule has 3 aliphatic rings. The number of methoxy groups -OCH3 is 1. The maximum absolute atomic E-state index is 10.4. The zero-order valence-electron chi connectivity index (χ0n) is 13.5. The summed E-state index contributed by atoms with van der Waals surface area (Å²) < 4.78 is 5.32. The lowest BCUT2D eigenvalue weighted by molar-refractivity contribution is -0.0226. The molecule has 0 radical (unpaired) electrons. The molecule has 2 saturated carbocycles. The van der Waals surface area contributed by atoms with Crippen LogP contribution in [-0.4, -0.2) is 23.4 Å². The Morgan fingerprint density at radius 2 is 2.00 bits per heavy atom. The first kappa shape index (κ1) is 14.4. The lowest BCUT2D eigenvalue weighted by Crippen LogP contribution is -2.43. The number of fused-ring (bicyclic) bond motifs is 5. The number of phenols is 1. The van der Waals surface area contributed by atoms with Gasteiger partial charge in [-0.1, -0.05) is 6.92 Å². The molecule has 0 saturated heterocycles. The van der Waals surface area contributed by atoms with Crippen molar-refractivity contribution >= 4 is 0 Å². The van der Waals surface area contributed by atoms with E-state index < -0.39 is 0 Å². The fourth-order valence-corrected chi connectivity index (χ4v) is 5.72. The van der Waals surface area contributed by atoms with Gasteiger partial charge in [0, 0.05) is 0 Å². The highest BCUT2D eigenvalue weighted by molar-refractivity contribution is 5.49. The van der Waals surface area contributed by atoms with Crippen LogP contribution in [0.2, 0.25) is 0 Å². The van der Waals surface area contributed by atoms with Gasteiger partial charge in [0.15, 0.2) is 11.5 Å². The number of benzene rings is 1. The molecule has 0 unspecified atom stereocenters. The summed E-state index contributed by atoms with van der Waals surface area (Å²) in [5.74, 6) is 2.75. The molecule has 3 aliphatic carbocycles. The van der Waals surface area contributed by atoms with Crippen LogP contribution < -0.4 is 4.74 Å². The van der Waals surface area contributed by atoms with Crippen LogP contribution >= 0.6 is 0 Å². The summed E-state index contributed by atoms with van der Waals surface area (Å²) in [5, 5.41) is 20.5. The molecule has 3 heteroatoms. The Morgan fingerprint density at radius 1 is 1.18 bits per heavy atom. The van der Waals surface area contributed by atoms with Crippen LogP contribution in [0.25, 0.3) is 0 Å². The van der Waals surface area contributed by atoms with Gasteiger partial charge in [-0.3, -0.25) is 0 Å². The maximum Gasteiger partial charge on any atom is 0.160 e. The molecule has 0 aromatic heterocycles. The van der Waals surface area contributed by atoms with Crippen LogP contribution in [0.5, 0.6) is 11.5 Å². The highest BCUT2D eigenvalue weighted by Crippen LogP contribution is 2.61. The first-order valence-electron chi connectivity index (χ1n) is 8.62. The molecule has 2 N–H and O–H groups in total. The summed E-state index contributed by atoms with van der Waals surface area (Å²) in [6, 6.07) is 3.97. The predicted molar refractivity (Wildman–Crippen MR) is 85.3 cm³/mol. The van der Waals surface area contributed by atoms with E-state index >= 15 is 0 Å². The van der Waals surface area contributed by atoms with Crippen molar-refractivity contribution in [2.24, 2.45) is 17.3 Å². The predicted octanol–water partition coefficient (Wildman–Crippen LogP) is 3.62. The Kier molecular flexibility index (Phi) is 3.19. The third-order valence-corrected chi connectivity index (χ3v) is 6.97. The van der Waals surface area contributed by atoms with Crippen molar-refractivity contribution in [2.45, 2.75) is 57.5 Å². The molecule has 0 amide bonds. The molecule has 120 valence electrons. The second-order valence-corrected chi connectivity index (χ2v) is 7.78. The summed E-state index contributed by atoms with van der Waals surface area (Å²) >= 11 is 0. The highest BCUT2D eigenvalue weighted by atomic mass is 16.5. The van der Waals surface area contributed by atoms with Gasteiger partial charge in [-0.2, -0.15) is 0 Å². The van der Waals surface area contributed by atoms with Gasteiger partial charge in [-0.05, 0) is 85.0 Å². The quantitative estimate of drug-likeness (QED) is 0.833. The fraction of sp³-hybridized carbons (Fsp3) is 0.684. The Hall–Kier alpha value is -1.22. The summed E-state index contributed by atoms with van der Waals surface area (Å²) in [5.41, 5.74) is 2.80. The molecule has 5 atom stereocenters. The Balaban J connectivity index is 1.72. The number of phenolic OH excluding ortho intramolecular Hbond substituents is 1. The largest absolute Gasteiger partial charge is 0.504 e. The zero-order valence-corrected chi connectivity index (χ0v) is 13.5. The molecule has 0 spiro atoms. The van der Waals surface area contributed by atoms with E-state index in [-0.39, 0.29) is 17.3 Å². The number of rotatable bonds is 1. The van der Waals surface area contributed by atoms with Crippen LogP contribution in [0.4, 0.5) is 0 Å². The first-order valence-corrected chi connectivity index (χ1v) is 8.62. The van der Waals surface area contributed by atoms with E-state index in [1.807, 2.05) is 6.07 Å². The zero-order chi connectivity index (χ0) is 15.5. The molecule has 1 aromatic rings. The van der Waals surface area contributed by atoms with Crippen molar-refractivity contribution in [3.63, 3.8) is 0 Å². The van der Waals surface area contributed by atoms with Crippen molar-refractivity contribution in [1.82, 2.24) is 0 Å². The van der Waals surface area contributed by atoms with Crippen LogP contribution in [0.1, 0.15) is 56.1 Å². The Labute approximate surface area is 132 Å². The molecule has 3 nitrogen and oxygen atoms in total. The standard InChI is InChI=1S/C19H26O3/c1-19-8-7-12-13(15(19)5-6-18(19)21)4-3-11-9-16(20)17(22-2)10-14(11)12/h9-10,12-13,15,18,20-21H,3-8H2,1-2H3/t12-,13-,15-,18-,19+/m0/s1. The minimum absolute atomic E-state index is 0.116. The lowest BCUT2D eigenvalue weighted by atomic mass is 9.55. The van der Waals surface area contributed by atoms with E-state index in [4.69, 9.17) is 4.74 Å². The summed E-state index contributed by atoms with van der Waals surface area (Å²) in [4.78, 5) is 0. The minimum Gasteiger partial charge on any atom is -0.504 e. The van der Waals surface area contributed by atoms with Gasteiger partial charge in [0.25, 0.3) is 0 Å². The summed E-state index contributed by atoms with van der Waals surface area (Å²) in [6.07, 6.45) is 6.51. The lowest BCUT2D eigenvalue weighted by Gasteiger charge is -2.50. The van der Waals surface area contributed by atoms with Crippen molar-refractivity contribution in [2.75, 3.05) is 7.11 Å². The molecule has 0 heterocycles. The minimum atomic E-state index is -0.116. The molecule has 0 bridgehead atoms. The number of aliphatic hydroxyl groups is 1. The van der Waals surface area contributed by atoms with E-state index in [1.54, 1.807) is 7.11 Å². The average Bonchev–Trinajstić information content (AvgIpc) is 2.82. The number of aryl methyl sites for hydroxylation is 1. The maximum atomic E-state index is 10.4. The molecule has 22 heavy (non-hydrogen) atoms. The second kappa shape index (κ2) is 4.89. The second-order valence-electron chi connectivity index (χ2n) is 7.78. The van der Waals surface area contributed by atoms with Crippen molar-refractivity contribution < 1.29 is 14.9 Å². The average molecular weight is 302 g/mol. The fourth-order valence-electron chi connectivity index (χ4n) is 5.72.